The van der Waals surface area contributed by atoms with E-state index in [2.05, 4.69) is 26.2 Å². The van der Waals surface area contributed by atoms with Gasteiger partial charge in [-0.3, -0.25) is 11.3 Å². The van der Waals surface area contributed by atoms with E-state index in [0.29, 0.717) is 13.0 Å². The van der Waals surface area contributed by atoms with Crippen molar-refractivity contribution < 1.29 is 9.13 Å². The molecule has 2 unspecified atom stereocenters. The second kappa shape index (κ2) is 7.36. The molecule has 0 aliphatic carbocycles. The molecule has 0 aliphatic heterocycles. The minimum Gasteiger partial charge on any atom is -0.376 e. The number of ether oxygens (including phenoxy) is 1. The van der Waals surface area contributed by atoms with Crippen LogP contribution in [0, 0.1) is 11.2 Å². The summed E-state index contributed by atoms with van der Waals surface area (Å²) in [6, 6.07) is 4.66. The molecule has 0 saturated carbocycles. The monoisotopic (exact) mass is 302 g/mol. The number of hydrogen-bond donors (Lipinski definition) is 2. The summed E-state index contributed by atoms with van der Waals surface area (Å²) in [5.41, 5.74) is 3.42. The lowest BCUT2D eigenvalue weighted by molar-refractivity contribution is -0.0356. The second-order valence-corrected chi connectivity index (χ2v) is 6.31. The summed E-state index contributed by atoms with van der Waals surface area (Å²) in [6.45, 7) is 8.80. The number of nitrogens with one attached hydrogen (secondary N) is 1. The fraction of sp³-hybridized carbons (Fsp3) is 0.600. The Bertz CT molecular complexity index is 434. The Morgan fingerprint density at radius 3 is 2.55 bits per heavy atom. The largest absolute Gasteiger partial charge is 0.376 e. The number of benzene rings is 1. The summed E-state index contributed by atoms with van der Waals surface area (Å²) in [5, 5.41) is 0.150. The molecule has 2 atom stereocenters. The lowest BCUT2D eigenvalue weighted by Crippen LogP contribution is -2.52. The fourth-order valence-corrected chi connectivity index (χ4v) is 2.55. The maximum absolute atomic E-state index is 13.5. The van der Waals surface area contributed by atoms with Crippen LogP contribution in [0.15, 0.2) is 18.2 Å². The third-order valence-electron chi connectivity index (χ3n) is 3.25. The van der Waals surface area contributed by atoms with E-state index in [1.54, 1.807) is 12.1 Å². The van der Waals surface area contributed by atoms with Crippen LogP contribution in [0.3, 0.4) is 0 Å². The summed E-state index contributed by atoms with van der Waals surface area (Å²) >= 11 is 6.01. The van der Waals surface area contributed by atoms with E-state index in [9.17, 15) is 4.39 Å². The zero-order chi connectivity index (χ0) is 15.3. The van der Waals surface area contributed by atoms with Gasteiger partial charge in [0.1, 0.15) is 5.82 Å². The summed E-state index contributed by atoms with van der Waals surface area (Å²) < 4.78 is 19.3. The smallest absolute Gasteiger partial charge is 0.142 e. The van der Waals surface area contributed by atoms with Crippen LogP contribution in [0.1, 0.15) is 33.3 Å². The molecule has 0 amide bonds. The van der Waals surface area contributed by atoms with E-state index >= 15 is 0 Å². The number of rotatable bonds is 6. The van der Waals surface area contributed by atoms with Crippen molar-refractivity contribution in [3.63, 3.8) is 0 Å². The molecule has 1 rings (SSSR count). The van der Waals surface area contributed by atoms with Crippen molar-refractivity contribution in [3.05, 3.63) is 34.6 Å². The average molecular weight is 303 g/mol. The SMILES string of the molecule is CCOC(C(Cc1cccc(F)c1Cl)NN)C(C)(C)C. The molecule has 20 heavy (non-hydrogen) atoms. The van der Waals surface area contributed by atoms with Gasteiger partial charge in [-0.05, 0) is 30.4 Å². The van der Waals surface area contributed by atoms with Crippen molar-refractivity contribution in [2.24, 2.45) is 11.3 Å². The van der Waals surface area contributed by atoms with Gasteiger partial charge in [-0.2, -0.15) is 0 Å². The lowest BCUT2D eigenvalue weighted by Gasteiger charge is -2.36. The summed E-state index contributed by atoms with van der Waals surface area (Å²) in [7, 11) is 0. The molecule has 3 N–H and O–H groups in total. The predicted molar refractivity (Wildman–Crippen MR) is 81.1 cm³/mol. The number of halogens is 2. The van der Waals surface area contributed by atoms with Crippen molar-refractivity contribution in [3.8, 4) is 0 Å². The highest BCUT2D eigenvalue weighted by Gasteiger charge is 2.33. The van der Waals surface area contributed by atoms with Crippen molar-refractivity contribution in [1.82, 2.24) is 5.43 Å². The quantitative estimate of drug-likeness (QED) is 0.626. The molecule has 3 nitrogen and oxygen atoms in total. The van der Waals surface area contributed by atoms with Gasteiger partial charge in [0, 0.05) is 6.61 Å². The first-order valence-corrected chi connectivity index (χ1v) is 7.19. The molecule has 0 saturated heterocycles. The van der Waals surface area contributed by atoms with E-state index < -0.39 is 5.82 Å². The number of hydrogen-bond acceptors (Lipinski definition) is 3. The van der Waals surface area contributed by atoms with Gasteiger partial charge in [0.2, 0.25) is 0 Å². The van der Waals surface area contributed by atoms with Gasteiger partial charge < -0.3 is 4.74 Å². The number of nitrogens with two attached hydrogens (primary N) is 1. The van der Waals surface area contributed by atoms with Gasteiger partial charge in [-0.25, -0.2) is 4.39 Å². The van der Waals surface area contributed by atoms with Crippen molar-refractivity contribution >= 4 is 11.6 Å². The summed E-state index contributed by atoms with van der Waals surface area (Å²) in [6.07, 6.45) is 0.409. The highest BCUT2D eigenvalue weighted by molar-refractivity contribution is 6.31. The molecule has 0 bridgehead atoms. The standard InChI is InChI=1S/C15H24ClFN2O/c1-5-20-14(15(2,3)4)12(19-18)9-10-7-6-8-11(17)13(10)16/h6-8,12,14,19H,5,9,18H2,1-4H3. The van der Waals surface area contributed by atoms with Crippen LogP contribution in [-0.4, -0.2) is 18.8 Å². The first-order chi connectivity index (χ1) is 9.31. The van der Waals surface area contributed by atoms with E-state index in [1.165, 1.54) is 6.07 Å². The molecule has 0 fully saturated rings. The Morgan fingerprint density at radius 2 is 2.05 bits per heavy atom. The van der Waals surface area contributed by atoms with Crippen LogP contribution >= 0.6 is 11.6 Å². The molecule has 0 radical (unpaired) electrons. The molecule has 0 spiro atoms. The molecule has 0 heterocycles. The fourth-order valence-electron chi connectivity index (χ4n) is 2.35. The molecular formula is C15H24ClFN2O. The third kappa shape index (κ3) is 4.42. The lowest BCUT2D eigenvalue weighted by atomic mass is 9.82. The van der Waals surface area contributed by atoms with E-state index in [-0.39, 0.29) is 22.6 Å². The van der Waals surface area contributed by atoms with Crippen molar-refractivity contribution in [2.75, 3.05) is 6.61 Å². The van der Waals surface area contributed by atoms with E-state index in [0.717, 1.165) is 5.56 Å². The van der Waals surface area contributed by atoms with Crippen LogP contribution in [0.25, 0.3) is 0 Å². The second-order valence-electron chi connectivity index (χ2n) is 5.93. The minimum atomic E-state index is -0.413. The van der Waals surface area contributed by atoms with Gasteiger partial charge in [-0.15, -0.1) is 0 Å². The zero-order valence-electron chi connectivity index (χ0n) is 12.5. The van der Waals surface area contributed by atoms with Crippen LogP contribution in [0.5, 0.6) is 0 Å². The average Bonchev–Trinajstić information content (AvgIpc) is 2.37. The molecule has 5 heteroatoms. The Morgan fingerprint density at radius 1 is 1.40 bits per heavy atom. The molecule has 0 aliphatic rings. The van der Waals surface area contributed by atoms with Crippen LogP contribution in [-0.2, 0) is 11.2 Å². The zero-order valence-corrected chi connectivity index (χ0v) is 13.3. The van der Waals surface area contributed by atoms with Crippen LogP contribution in [0.4, 0.5) is 4.39 Å². The maximum atomic E-state index is 13.5. The summed E-state index contributed by atoms with van der Waals surface area (Å²) in [5.74, 6) is 5.26. The Labute approximate surface area is 125 Å². The van der Waals surface area contributed by atoms with Gasteiger partial charge >= 0.3 is 0 Å². The molecule has 0 aromatic heterocycles. The van der Waals surface area contributed by atoms with Crippen LogP contribution in [0.2, 0.25) is 5.02 Å². The maximum Gasteiger partial charge on any atom is 0.142 e. The Balaban J connectivity index is 2.97. The van der Waals surface area contributed by atoms with Gasteiger partial charge in [0.05, 0.1) is 17.2 Å². The molecule has 114 valence electrons. The third-order valence-corrected chi connectivity index (χ3v) is 3.67. The topological polar surface area (TPSA) is 47.3 Å². The molecule has 1 aromatic carbocycles. The minimum absolute atomic E-state index is 0.0904. The summed E-state index contributed by atoms with van der Waals surface area (Å²) in [4.78, 5) is 0. The first kappa shape index (κ1) is 17.4. The van der Waals surface area contributed by atoms with Crippen molar-refractivity contribution in [1.29, 1.82) is 0 Å². The normalized spacial score (nSPS) is 15.2. The molecule has 1 aromatic rings. The predicted octanol–water partition coefficient (Wildman–Crippen LogP) is 3.30. The highest BCUT2D eigenvalue weighted by Crippen LogP contribution is 2.28. The van der Waals surface area contributed by atoms with Crippen molar-refractivity contribution in [2.45, 2.75) is 46.3 Å². The Hall–Kier alpha value is -0.680. The van der Waals surface area contributed by atoms with Gasteiger partial charge in [0.15, 0.2) is 0 Å². The van der Waals surface area contributed by atoms with E-state index in [1.807, 2.05) is 6.92 Å². The van der Waals surface area contributed by atoms with Gasteiger partial charge in [-0.1, -0.05) is 44.5 Å². The highest BCUT2D eigenvalue weighted by atomic mass is 35.5. The molecular weight excluding hydrogens is 279 g/mol. The Kier molecular flexibility index (Phi) is 6.40. The van der Waals surface area contributed by atoms with Crippen LogP contribution < -0.4 is 11.3 Å². The van der Waals surface area contributed by atoms with Gasteiger partial charge in [0.25, 0.3) is 0 Å². The first-order valence-electron chi connectivity index (χ1n) is 6.81. The number of hydrazine groups is 1. The van der Waals surface area contributed by atoms with E-state index in [4.69, 9.17) is 22.2 Å².